The summed E-state index contributed by atoms with van der Waals surface area (Å²) in [6, 6.07) is 2.58. The van der Waals surface area contributed by atoms with Crippen LogP contribution < -0.4 is 10.1 Å². The highest BCUT2D eigenvalue weighted by molar-refractivity contribution is 5.73. The van der Waals surface area contributed by atoms with Crippen LogP contribution in [0.15, 0.2) is 18.5 Å². The van der Waals surface area contributed by atoms with E-state index in [4.69, 9.17) is 4.74 Å². The van der Waals surface area contributed by atoms with Gasteiger partial charge in [-0.15, -0.1) is 0 Å². The minimum Gasteiger partial charge on any atom is -0.491 e. The van der Waals surface area contributed by atoms with Gasteiger partial charge in [-0.3, -0.25) is 0 Å². The summed E-state index contributed by atoms with van der Waals surface area (Å²) in [5.41, 5.74) is 0.208. The predicted octanol–water partition coefficient (Wildman–Crippen LogP) is 2.78. The minimum absolute atomic E-state index is 0.0838. The molecule has 2 aromatic rings. The Morgan fingerprint density at radius 2 is 1.95 bits per heavy atom. The normalized spacial score (nSPS) is 10.4. The maximum Gasteiger partial charge on any atom is 0.187 e. The molecule has 0 saturated carbocycles. The number of halogens is 2. The summed E-state index contributed by atoms with van der Waals surface area (Å²) in [4.78, 5) is 7.88. The Bertz CT molecular complexity index is 617. The smallest absolute Gasteiger partial charge is 0.187 e. The van der Waals surface area contributed by atoms with Crippen molar-refractivity contribution >= 4 is 5.82 Å². The molecule has 19 heavy (non-hydrogen) atoms. The van der Waals surface area contributed by atoms with Crippen LogP contribution in [0.2, 0.25) is 0 Å². The Labute approximate surface area is 109 Å². The van der Waals surface area contributed by atoms with Crippen molar-refractivity contribution in [1.82, 2.24) is 9.97 Å². The number of anilines is 1. The molecule has 0 aliphatic heterocycles. The number of nitrogens with zero attached hydrogens (tertiary/aromatic N) is 2. The van der Waals surface area contributed by atoms with Crippen LogP contribution in [-0.2, 0) is 0 Å². The zero-order valence-electron chi connectivity index (χ0n) is 10.8. The Balaban J connectivity index is 2.76. The highest BCUT2D eigenvalue weighted by Gasteiger charge is 2.21. The van der Waals surface area contributed by atoms with Gasteiger partial charge in [0.05, 0.1) is 12.7 Å². The van der Waals surface area contributed by atoms with E-state index < -0.39 is 11.6 Å². The van der Waals surface area contributed by atoms with E-state index in [1.165, 1.54) is 25.6 Å². The van der Waals surface area contributed by atoms with Crippen LogP contribution >= 0.6 is 0 Å². The second kappa shape index (κ2) is 5.17. The highest BCUT2D eigenvalue weighted by atomic mass is 19.1. The van der Waals surface area contributed by atoms with E-state index in [1.807, 2.05) is 0 Å². The lowest BCUT2D eigenvalue weighted by molar-refractivity contribution is 0.414. The van der Waals surface area contributed by atoms with E-state index in [0.717, 1.165) is 0 Å². The molecule has 0 amide bonds. The van der Waals surface area contributed by atoms with Crippen LogP contribution in [0.25, 0.3) is 11.3 Å². The molecule has 0 aliphatic carbocycles. The quantitative estimate of drug-likeness (QED) is 0.927. The number of aryl methyl sites for hydroxylation is 1. The van der Waals surface area contributed by atoms with E-state index in [2.05, 4.69) is 15.3 Å². The van der Waals surface area contributed by atoms with E-state index in [0.29, 0.717) is 11.4 Å². The molecule has 0 fully saturated rings. The molecule has 0 atom stereocenters. The fourth-order valence-corrected chi connectivity index (χ4v) is 1.80. The van der Waals surface area contributed by atoms with Crippen molar-refractivity contribution < 1.29 is 13.5 Å². The number of nitrogens with one attached hydrogen (secondary N) is 1. The molecular formula is C13H13F2N3O. The van der Waals surface area contributed by atoms with Crippen LogP contribution in [-0.4, -0.2) is 24.1 Å². The summed E-state index contributed by atoms with van der Waals surface area (Å²) in [6.07, 6.45) is 1.23. The average Bonchev–Trinajstić information content (AvgIpc) is 2.43. The Kier molecular flexibility index (Phi) is 3.59. The molecule has 100 valence electrons. The average molecular weight is 265 g/mol. The summed E-state index contributed by atoms with van der Waals surface area (Å²) in [6.45, 7) is 1.56. The van der Waals surface area contributed by atoms with Crippen molar-refractivity contribution in [2.45, 2.75) is 6.92 Å². The molecule has 1 aromatic carbocycles. The van der Waals surface area contributed by atoms with Crippen LogP contribution in [0.1, 0.15) is 5.56 Å². The molecule has 0 saturated heterocycles. The van der Waals surface area contributed by atoms with Crippen molar-refractivity contribution in [3.05, 3.63) is 35.7 Å². The van der Waals surface area contributed by atoms with Crippen LogP contribution in [0.5, 0.6) is 5.75 Å². The van der Waals surface area contributed by atoms with Gasteiger partial charge in [0.2, 0.25) is 0 Å². The van der Waals surface area contributed by atoms with Gasteiger partial charge in [-0.25, -0.2) is 18.7 Å². The third-order valence-corrected chi connectivity index (χ3v) is 2.77. The third kappa shape index (κ3) is 2.21. The fraction of sp³-hybridized carbons (Fsp3) is 0.231. The Hall–Kier alpha value is -2.24. The lowest BCUT2D eigenvalue weighted by Crippen LogP contribution is -2.03. The first-order valence-electron chi connectivity index (χ1n) is 5.61. The van der Waals surface area contributed by atoms with Crippen LogP contribution in [0, 0.1) is 18.6 Å². The van der Waals surface area contributed by atoms with Gasteiger partial charge >= 0.3 is 0 Å². The number of methoxy groups -OCH3 is 1. The van der Waals surface area contributed by atoms with Gasteiger partial charge in [-0.2, -0.15) is 0 Å². The van der Waals surface area contributed by atoms with Crippen LogP contribution in [0.3, 0.4) is 0 Å². The van der Waals surface area contributed by atoms with Gasteiger partial charge in [0, 0.05) is 7.05 Å². The summed E-state index contributed by atoms with van der Waals surface area (Å²) in [7, 11) is 3.03. The third-order valence-electron chi connectivity index (χ3n) is 2.77. The number of benzene rings is 1. The number of rotatable bonds is 3. The lowest BCUT2D eigenvalue weighted by atomic mass is 10.1. The first-order chi connectivity index (χ1) is 9.10. The minimum atomic E-state index is -0.692. The second-order valence-electron chi connectivity index (χ2n) is 3.91. The van der Waals surface area contributed by atoms with E-state index in [1.54, 1.807) is 14.0 Å². The van der Waals surface area contributed by atoms with E-state index in [9.17, 15) is 8.78 Å². The fourth-order valence-electron chi connectivity index (χ4n) is 1.80. The van der Waals surface area contributed by atoms with E-state index in [-0.39, 0.29) is 17.0 Å². The molecule has 4 nitrogen and oxygen atoms in total. The first kappa shape index (κ1) is 13.2. The van der Waals surface area contributed by atoms with Gasteiger partial charge in [0.25, 0.3) is 0 Å². The standard InChI is InChI=1S/C13H13F2N3O/c1-7-4-5-8(14)9(10(7)15)11-12(19-3)13(16-2)18-6-17-11/h4-6H,1-3H3,(H,16,17,18). The van der Waals surface area contributed by atoms with Crippen molar-refractivity contribution in [2.75, 3.05) is 19.5 Å². The van der Waals surface area contributed by atoms with E-state index >= 15 is 0 Å². The molecule has 0 radical (unpaired) electrons. The van der Waals surface area contributed by atoms with Crippen LogP contribution in [0.4, 0.5) is 14.6 Å². The highest BCUT2D eigenvalue weighted by Crippen LogP contribution is 2.36. The van der Waals surface area contributed by atoms with Gasteiger partial charge in [0.1, 0.15) is 23.7 Å². The molecule has 1 N–H and O–H groups in total. The molecule has 1 heterocycles. The number of hydrogen-bond acceptors (Lipinski definition) is 4. The van der Waals surface area contributed by atoms with Crippen molar-refractivity contribution in [2.24, 2.45) is 0 Å². The lowest BCUT2D eigenvalue weighted by Gasteiger charge is -2.13. The SMILES string of the molecule is CNc1ncnc(-c2c(F)ccc(C)c2F)c1OC. The maximum atomic E-state index is 14.1. The molecule has 1 aromatic heterocycles. The number of aromatic nitrogens is 2. The first-order valence-corrected chi connectivity index (χ1v) is 5.61. The molecule has 2 rings (SSSR count). The Morgan fingerprint density at radius 3 is 2.58 bits per heavy atom. The van der Waals surface area contributed by atoms with Gasteiger partial charge in [-0.05, 0) is 18.6 Å². The second-order valence-corrected chi connectivity index (χ2v) is 3.91. The summed E-state index contributed by atoms with van der Waals surface area (Å²) in [5.74, 6) is -0.776. The zero-order chi connectivity index (χ0) is 14.0. The zero-order valence-corrected chi connectivity index (χ0v) is 10.8. The molecule has 0 unspecified atom stereocenters. The summed E-state index contributed by atoms with van der Waals surface area (Å²) in [5, 5.41) is 2.79. The Morgan fingerprint density at radius 1 is 1.21 bits per heavy atom. The van der Waals surface area contributed by atoms with Crippen molar-refractivity contribution in [3.63, 3.8) is 0 Å². The predicted molar refractivity (Wildman–Crippen MR) is 68.2 cm³/mol. The molecular weight excluding hydrogens is 252 g/mol. The topological polar surface area (TPSA) is 47.0 Å². The molecule has 0 aliphatic rings. The summed E-state index contributed by atoms with van der Waals surface area (Å²) >= 11 is 0. The van der Waals surface area contributed by atoms with Crippen molar-refractivity contribution in [1.29, 1.82) is 0 Å². The summed E-state index contributed by atoms with van der Waals surface area (Å²) < 4.78 is 33.2. The maximum absolute atomic E-state index is 14.1. The van der Waals surface area contributed by atoms with Gasteiger partial charge in [0.15, 0.2) is 11.6 Å². The monoisotopic (exact) mass is 265 g/mol. The number of ether oxygens (including phenoxy) is 1. The number of hydrogen-bond donors (Lipinski definition) is 1. The molecule has 6 heteroatoms. The molecule has 0 spiro atoms. The van der Waals surface area contributed by atoms with Gasteiger partial charge < -0.3 is 10.1 Å². The molecule has 0 bridgehead atoms. The largest absolute Gasteiger partial charge is 0.491 e. The van der Waals surface area contributed by atoms with Crippen molar-refractivity contribution in [3.8, 4) is 17.0 Å². The van der Waals surface area contributed by atoms with Gasteiger partial charge in [-0.1, -0.05) is 6.07 Å².